The second-order valence-electron chi connectivity index (χ2n) is 0.577. The van der Waals surface area contributed by atoms with Crippen molar-refractivity contribution < 1.29 is 59.7 Å². The van der Waals surface area contributed by atoms with Crippen molar-refractivity contribution >= 4 is 83.3 Å². The van der Waals surface area contributed by atoms with Gasteiger partial charge in [-0.1, -0.05) is 0 Å². The molecule has 0 rings (SSSR count). The Hall–Kier alpha value is 3.10. The molecule has 0 heterocycles. The summed E-state index contributed by atoms with van der Waals surface area (Å²) in [6, 6.07) is 0. The predicted octanol–water partition coefficient (Wildman–Crippen LogP) is -11.7. The zero-order valence-corrected chi connectivity index (χ0v) is 14.8. The second kappa shape index (κ2) is 23.2. The minimum atomic E-state index is -2.92. The predicted molar refractivity (Wildman–Crippen MR) is 23.0 cm³/mol. The first-order chi connectivity index (χ1) is 3.46. The molecule has 0 aliphatic carbocycles. The molecule has 6 nitrogen and oxygen atoms in total. The molecule has 0 aliphatic heterocycles. The van der Waals surface area contributed by atoms with Gasteiger partial charge >= 0.3 is 98.2 Å². The molecular weight excluding hydrogens is 348 g/mol. The number of rotatable bonds is 0. The SMILES string of the molecule is [Ba+2].[Ga+3].[Na+].[O-]B([O-])[O-].[O-]B([O-])[O-]. The van der Waals surface area contributed by atoms with Crippen LogP contribution in [0.3, 0.4) is 0 Å². The van der Waals surface area contributed by atoms with Crippen molar-refractivity contribution in [3.8, 4) is 0 Å². The first-order valence-electron chi connectivity index (χ1n) is 1.41. The van der Waals surface area contributed by atoms with E-state index >= 15 is 0 Å². The van der Waals surface area contributed by atoms with Gasteiger partial charge in [0.25, 0.3) is 0 Å². The van der Waals surface area contributed by atoms with Crippen molar-refractivity contribution in [3.05, 3.63) is 0 Å². The maximum absolute atomic E-state index is 8.42. The Balaban J connectivity index is -0.0000000171. The van der Waals surface area contributed by atoms with E-state index in [4.69, 9.17) is 30.1 Å². The van der Waals surface area contributed by atoms with Crippen LogP contribution in [0.1, 0.15) is 0 Å². The molecule has 0 saturated heterocycles. The minimum Gasteiger partial charge on any atom is -0.907 e. The van der Waals surface area contributed by atoms with Crippen molar-refractivity contribution in [2.45, 2.75) is 0 Å². The fraction of sp³-hybridized carbons (Fsp3) is 0. The van der Waals surface area contributed by atoms with Crippen molar-refractivity contribution in [2.75, 3.05) is 0 Å². The summed E-state index contributed by atoms with van der Waals surface area (Å²) in [5, 5.41) is 50.5. The number of hydrogen-bond acceptors (Lipinski definition) is 6. The summed E-state index contributed by atoms with van der Waals surface area (Å²) in [4.78, 5) is 0. The average Bonchev–Trinajstić information content (AvgIpc) is 1.25. The third kappa shape index (κ3) is 168. The molecule has 0 spiro atoms. The summed E-state index contributed by atoms with van der Waals surface area (Å²) < 4.78 is 0. The minimum absolute atomic E-state index is 0. The van der Waals surface area contributed by atoms with E-state index in [1.54, 1.807) is 0 Å². The van der Waals surface area contributed by atoms with Gasteiger partial charge in [-0.05, 0) is 0 Å². The van der Waals surface area contributed by atoms with E-state index in [1.165, 1.54) is 0 Å². The summed E-state index contributed by atoms with van der Waals surface area (Å²) in [5.74, 6) is 0. The molecule has 0 radical (unpaired) electrons. The van der Waals surface area contributed by atoms with E-state index in [2.05, 4.69) is 0 Å². The first kappa shape index (κ1) is 29.2. The molecule has 0 bridgehead atoms. The van der Waals surface area contributed by atoms with Gasteiger partial charge in [-0.15, -0.1) is 0 Å². The molecule has 0 atom stereocenters. The Morgan fingerprint density at radius 3 is 0.636 bits per heavy atom. The van der Waals surface area contributed by atoms with Crippen molar-refractivity contribution in [3.63, 3.8) is 0 Å². The summed E-state index contributed by atoms with van der Waals surface area (Å²) in [5.41, 5.74) is 0. The molecular formula is B2BaGaNaO6. The van der Waals surface area contributed by atoms with Gasteiger partial charge in [0.2, 0.25) is 0 Å². The molecule has 48 valence electrons. The van der Waals surface area contributed by atoms with Gasteiger partial charge in [-0.2, -0.15) is 0 Å². The van der Waals surface area contributed by atoms with Crippen LogP contribution in [0.15, 0.2) is 0 Å². The van der Waals surface area contributed by atoms with Crippen LogP contribution in [-0.4, -0.2) is 83.3 Å². The van der Waals surface area contributed by atoms with Crippen molar-refractivity contribution in [1.29, 1.82) is 0 Å². The Labute approximate surface area is 140 Å². The molecule has 0 N–H and O–H groups in total. The quantitative estimate of drug-likeness (QED) is 0.399. The van der Waals surface area contributed by atoms with Gasteiger partial charge in [-0.25, -0.2) is 0 Å². The van der Waals surface area contributed by atoms with E-state index < -0.39 is 14.6 Å². The molecule has 0 fully saturated rings. The fourth-order valence-electron chi connectivity index (χ4n) is 0. The standard InChI is InChI=1S/2BO3.Ba.Ga.Na/c2*2-1(3)4;;;/q2*-3;+2;+3;+1. The largest absolute Gasteiger partial charge is 3.00 e. The molecule has 0 unspecified atom stereocenters. The van der Waals surface area contributed by atoms with E-state index in [0.717, 1.165) is 0 Å². The second-order valence-corrected chi connectivity index (χ2v) is 0.577. The molecule has 0 amide bonds. The average molecular weight is 348 g/mol. The maximum atomic E-state index is 8.42. The third-order valence-electron chi connectivity index (χ3n) is 0. The van der Waals surface area contributed by atoms with Gasteiger partial charge in [0.1, 0.15) is 0 Å². The molecule has 0 aromatic carbocycles. The third-order valence-corrected chi connectivity index (χ3v) is 0. The smallest absolute Gasteiger partial charge is 0.907 e. The maximum Gasteiger partial charge on any atom is 3.00 e. The van der Waals surface area contributed by atoms with Crippen LogP contribution in [0.5, 0.6) is 0 Å². The topological polar surface area (TPSA) is 138 Å². The van der Waals surface area contributed by atoms with Gasteiger partial charge in [0.15, 0.2) is 0 Å². The van der Waals surface area contributed by atoms with Gasteiger partial charge < -0.3 is 30.1 Å². The van der Waals surface area contributed by atoms with Crippen molar-refractivity contribution in [1.82, 2.24) is 0 Å². The Bertz CT molecular complexity index is 36.1. The van der Waals surface area contributed by atoms with E-state index in [0.29, 0.717) is 0 Å². The van der Waals surface area contributed by atoms with Crippen LogP contribution in [0.2, 0.25) is 0 Å². The zero-order chi connectivity index (χ0) is 7.15. The van der Waals surface area contributed by atoms with E-state index in [9.17, 15) is 0 Å². The summed E-state index contributed by atoms with van der Waals surface area (Å²) in [6.45, 7) is 0. The van der Waals surface area contributed by atoms with Crippen LogP contribution < -0.4 is 59.7 Å². The van der Waals surface area contributed by atoms with Crippen LogP contribution in [0.25, 0.3) is 0 Å². The zero-order valence-electron chi connectivity index (χ0n) is 5.89. The fourth-order valence-corrected chi connectivity index (χ4v) is 0. The van der Waals surface area contributed by atoms with Crippen LogP contribution in [-0.2, 0) is 0 Å². The van der Waals surface area contributed by atoms with Crippen LogP contribution in [0, 0.1) is 0 Å². The molecule has 11 heteroatoms. The Kier molecular flexibility index (Phi) is 61.5. The molecule has 11 heavy (non-hydrogen) atoms. The summed E-state index contributed by atoms with van der Waals surface area (Å²) in [6.07, 6.45) is 0. The van der Waals surface area contributed by atoms with Crippen LogP contribution >= 0.6 is 0 Å². The van der Waals surface area contributed by atoms with E-state index in [-0.39, 0.29) is 98.2 Å². The van der Waals surface area contributed by atoms with Crippen molar-refractivity contribution in [2.24, 2.45) is 0 Å². The molecule has 0 aliphatic rings. The Morgan fingerprint density at radius 1 is 0.636 bits per heavy atom. The van der Waals surface area contributed by atoms with Crippen LogP contribution in [0.4, 0.5) is 0 Å². The Morgan fingerprint density at radius 2 is 0.636 bits per heavy atom. The summed E-state index contributed by atoms with van der Waals surface area (Å²) in [7, 11) is -5.83. The molecule has 0 aromatic heterocycles. The summed E-state index contributed by atoms with van der Waals surface area (Å²) >= 11 is 0. The molecule has 0 aromatic rings. The van der Waals surface area contributed by atoms with Gasteiger partial charge in [0.05, 0.1) is 0 Å². The van der Waals surface area contributed by atoms with Gasteiger partial charge in [-0.3, -0.25) is 14.6 Å². The first-order valence-corrected chi connectivity index (χ1v) is 1.41. The normalized spacial score (nSPS) is 4.91. The monoisotopic (exact) mass is 348 g/mol. The number of hydrogen-bond donors (Lipinski definition) is 0. The van der Waals surface area contributed by atoms with E-state index in [1.807, 2.05) is 0 Å². The molecule has 0 saturated carbocycles. The van der Waals surface area contributed by atoms with Gasteiger partial charge in [0, 0.05) is 0 Å².